The smallest absolute Gasteiger partial charge is 0.333 e. The highest BCUT2D eigenvalue weighted by Crippen LogP contribution is 2.30. The zero-order valence-corrected chi connectivity index (χ0v) is 58.1. The third-order valence-electron chi connectivity index (χ3n) is 15.6. The first kappa shape index (κ1) is 80.9. The van der Waals surface area contributed by atoms with Crippen molar-refractivity contribution in [3.63, 3.8) is 0 Å². The van der Waals surface area contributed by atoms with E-state index in [-0.39, 0.29) is 101 Å². The Kier molecular flexibility index (Phi) is 34.6. The summed E-state index contributed by atoms with van der Waals surface area (Å²) in [6, 6.07) is 45.4. The standard InChI is InChI=1S/C28H32N2O7.C23H18N2O5.C19H15NO3.C9H19NO5/c31-26(29-14-16-36-18-20-37-19-17-35-15-13-28(33)34)11-12-27(32)30-21-24-7-2-1-5-22(24)9-10-23-6-3-4-8-25(23)30;26-20(13-14-23(29)30-25-21(27)11-12-22(25)28)24-15-18-7-2-1-5-16(18)9-10-17-6-3-4-8-19(17)24;21-18(11-12-19(22)23)20-13-16-7-2-1-5-14(16)9-10-15-6-3-4-8-17(15)20;10-2-4-14-6-8-15-7-5-13-3-1-9(11)12/h1-8H,11-21H2,(H,29,31)(H,33,34);1-8H,11-15H2;1-8H,11-13H2,(H,22,23);1-8,10H2,(H,11,12). The van der Waals surface area contributed by atoms with Crippen LogP contribution in [0, 0.1) is 35.5 Å². The van der Waals surface area contributed by atoms with Crippen molar-refractivity contribution < 1.29 is 96.5 Å². The van der Waals surface area contributed by atoms with E-state index in [4.69, 9.17) is 54.3 Å². The van der Waals surface area contributed by atoms with Crippen molar-refractivity contribution in [1.82, 2.24) is 10.4 Å². The molecule has 0 saturated carbocycles. The van der Waals surface area contributed by atoms with E-state index in [1.807, 2.05) is 146 Å². The van der Waals surface area contributed by atoms with E-state index in [1.165, 1.54) is 0 Å². The average Bonchev–Trinajstić information content (AvgIpc) is 1.40. The number of nitrogens with one attached hydrogen (secondary N) is 1. The first-order chi connectivity index (χ1) is 51.0. The molecule has 0 bridgehead atoms. The Hall–Kier alpha value is -11.4. The van der Waals surface area contributed by atoms with Crippen LogP contribution in [-0.2, 0) is 101 Å². The Balaban J connectivity index is 0.000000205. The van der Waals surface area contributed by atoms with E-state index in [9.17, 15) is 47.9 Å². The highest BCUT2D eigenvalue weighted by Gasteiger charge is 2.33. The number of carboxylic acids is 3. The molecule has 4 aliphatic heterocycles. The van der Waals surface area contributed by atoms with E-state index < -0.39 is 35.7 Å². The SMILES string of the molecule is NCCOCCOCCOCCC(=O)O.O=C(CCC(=O)N1Cc2ccccc2C#Cc2ccccc21)ON1C(=O)CCC1=O.O=C(O)CCC(=O)N1Cc2ccccc2C#Cc2ccccc21.O=C(O)CCOCCOCCOCCNC(=O)CCC(=O)N1Cc2ccccc2C#Cc2ccccc21. The van der Waals surface area contributed by atoms with Crippen LogP contribution in [0.2, 0.25) is 0 Å². The Bertz CT molecular complexity index is 4170. The van der Waals surface area contributed by atoms with E-state index >= 15 is 0 Å². The molecular formula is C79H84N6O20. The van der Waals surface area contributed by atoms with Gasteiger partial charge < -0.3 is 74.3 Å². The van der Waals surface area contributed by atoms with Crippen molar-refractivity contribution in [2.75, 3.05) is 107 Å². The summed E-state index contributed by atoms with van der Waals surface area (Å²) in [5, 5.41) is 28.9. The lowest BCUT2D eigenvalue weighted by molar-refractivity contribution is -0.197. The Morgan fingerprint density at radius 1 is 0.362 bits per heavy atom. The van der Waals surface area contributed by atoms with Crippen LogP contribution < -0.4 is 25.8 Å². The molecule has 4 heterocycles. The fourth-order valence-electron chi connectivity index (χ4n) is 10.3. The van der Waals surface area contributed by atoms with Crippen LogP contribution in [0.3, 0.4) is 0 Å². The van der Waals surface area contributed by atoms with Gasteiger partial charge in [-0.1, -0.05) is 127 Å². The van der Waals surface area contributed by atoms with Crippen LogP contribution >= 0.6 is 0 Å². The van der Waals surface area contributed by atoms with Crippen LogP contribution in [0.1, 0.15) is 114 Å². The van der Waals surface area contributed by atoms with Gasteiger partial charge in [-0.25, -0.2) is 4.79 Å². The van der Waals surface area contributed by atoms with Crippen LogP contribution in [0.4, 0.5) is 17.1 Å². The molecule has 0 aromatic heterocycles. The van der Waals surface area contributed by atoms with Gasteiger partial charge in [-0.2, -0.15) is 0 Å². The number of para-hydroxylation sites is 3. The molecule has 26 nitrogen and oxygen atoms in total. The number of nitrogens with two attached hydrogens (primary N) is 1. The topological polar surface area (TPSA) is 347 Å². The van der Waals surface area contributed by atoms with Gasteiger partial charge in [-0.3, -0.25) is 43.2 Å². The lowest BCUT2D eigenvalue weighted by Crippen LogP contribution is -2.34. The Morgan fingerprint density at radius 3 is 1.04 bits per heavy atom. The van der Waals surface area contributed by atoms with Gasteiger partial charge in [0.05, 0.1) is 142 Å². The van der Waals surface area contributed by atoms with Gasteiger partial charge in [0.1, 0.15) is 0 Å². The molecule has 0 radical (unpaired) electrons. The number of ether oxygens (including phenoxy) is 6. The predicted octanol–water partition coefficient (Wildman–Crippen LogP) is 6.94. The number of benzene rings is 6. The number of rotatable bonds is 33. The number of carbonyl (C=O) groups excluding carboxylic acids is 7. The van der Waals surface area contributed by atoms with E-state index in [0.717, 1.165) is 61.4 Å². The molecule has 105 heavy (non-hydrogen) atoms. The number of hydrogen-bond donors (Lipinski definition) is 5. The number of aliphatic carboxylic acids is 3. The van der Waals surface area contributed by atoms with Crippen LogP contribution in [0.25, 0.3) is 0 Å². The molecule has 1 fully saturated rings. The van der Waals surface area contributed by atoms with Crippen molar-refractivity contribution in [2.45, 2.75) is 83.8 Å². The zero-order chi connectivity index (χ0) is 75.0. The molecular weight excluding hydrogens is 1350 g/mol. The predicted molar refractivity (Wildman–Crippen MR) is 384 cm³/mol. The first-order valence-electron chi connectivity index (χ1n) is 34.1. The number of carboxylic acid groups (broad SMARTS) is 3. The zero-order valence-electron chi connectivity index (χ0n) is 58.1. The summed E-state index contributed by atoms with van der Waals surface area (Å²) < 4.78 is 31.1. The highest BCUT2D eigenvalue weighted by molar-refractivity contribution is 6.02. The lowest BCUT2D eigenvalue weighted by Gasteiger charge is -2.26. The van der Waals surface area contributed by atoms with Crippen molar-refractivity contribution in [2.24, 2.45) is 5.73 Å². The summed E-state index contributed by atoms with van der Waals surface area (Å²) in [7, 11) is 0. The van der Waals surface area contributed by atoms with Crippen LogP contribution in [0.15, 0.2) is 146 Å². The molecule has 0 spiro atoms. The number of amides is 6. The maximum absolute atomic E-state index is 13.2. The molecule has 550 valence electrons. The van der Waals surface area contributed by atoms with Crippen LogP contribution in [0.5, 0.6) is 0 Å². The summed E-state index contributed by atoms with van der Waals surface area (Å²) in [6.45, 7) is 6.49. The molecule has 1 saturated heterocycles. The average molecular weight is 1440 g/mol. The number of nitrogens with zero attached hydrogens (tertiary/aromatic N) is 4. The molecule has 26 heteroatoms. The molecule has 10 rings (SSSR count). The molecule has 6 amide bonds. The van der Waals surface area contributed by atoms with Gasteiger partial charge in [-0.05, 0) is 71.3 Å². The third-order valence-corrected chi connectivity index (χ3v) is 15.6. The van der Waals surface area contributed by atoms with Gasteiger partial charge in [0.25, 0.3) is 11.8 Å². The third kappa shape index (κ3) is 28.1. The van der Waals surface area contributed by atoms with Crippen molar-refractivity contribution in [3.05, 3.63) is 196 Å². The van der Waals surface area contributed by atoms with Crippen LogP contribution in [-0.4, -0.2) is 172 Å². The van der Waals surface area contributed by atoms with Gasteiger partial charge in [0.15, 0.2) is 0 Å². The van der Waals surface area contributed by atoms with E-state index in [2.05, 4.69) is 40.8 Å². The van der Waals surface area contributed by atoms with E-state index in [1.54, 1.807) is 14.7 Å². The maximum Gasteiger partial charge on any atom is 0.333 e. The van der Waals surface area contributed by atoms with Gasteiger partial charge >= 0.3 is 23.9 Å². The minimum Gasteiger partial charge on any atom is -0.481 e. The summed E-state index contributed by atoms with van der Waals surface area (Å²) in [5.41, 5.74) is 15.1. The molecule has 6 N–H and O–H groups in total. The molecule has 6 aromatic rings. The normalized spacial score (nSPS) is 12.5. The van der Waals surface area contributed by atoms with E-state index in [0.29, 0.717) is 110 Å². The number of hydroxylamine groups is 2. The summed E-state index contributed by atoms with van der Waals surface area (Å²) in [4.78, 5) is 127. The first-order valence-corrected chi connectivity index (χ1v) is 34.1. The molecule has 0 unspecified atom stereocenters. The lowest BCUT2D eigenvalue weighted by atomic mass is 10.0. The fraction of sp³-hybridized carbons (Fsp3) is 0.342. The van der Waals surface area contributed by atoms with Gasteiger partial charge in [0.2, 0.25) is 23.6 Å². The Labute approximate surface area is 608 Å². The number of fused-ring (bicyclic) bond motifs is 6. The molecule has 6 aromatic carbocycles. The summed E-state index contributed by atoms with van der Waals surface area (Å²) in [6.07, 6.45) is -0.371. The number of imide groups is 1. The second kappa shape index (κ2) is 44.9. The summed E-state index contributed by atoms with van der Waals surface area (Å²) >= 11 is 0. The fourth-order valence-corrected chi connectivity index (χ4v) is 10.3. The minimum atomic E-state index is -0.973. The molecule has 0 atom stereocenters. The van der Waals surface area contributed by atoms with Gasteiger partial charge in [0, 0.05) is 85.0 Å². The number of carbonyl (C=O) groups is 10. The van der Waals surface area contributed by atoms with Crippen molar-refractivity contribution in [1.29, 1.82) is 0 Å². The second-order valence-electron chi connectivity index (χ2n) is 23.3. The minimum absolute atomic E-state index is 0.0239. The monoisotopic (exact) mass is 1440 g/mol. The highest BCUT2D eigenvalue weighted by atomic mass is 16.7. The number of hydrogen-bond acceptors (Lipinski definition) is 18. The van der Waals surface area contributed by atoms with Gasteiger partial charge in [-0.15, -0.1) is 5.06 Å². The van der Waals surface area contributed by atoms with Crippen molar-refractivity contribution in [3.8, 4) is 35.5 Å². The summed E-state index contributed by atoms with van der Waals surface area (Å²) in [5.74, 6) is 13.4. The van der Waals surface area contributed by atoms with Crippen molar-refractivity contribution >= 4 is 76.4 Å². The maximum atomic E-state index is 13.2. The quantitative estimate of drug-likeness (QED) is 0.0158. The second-order valence-corrected chi connectivity index (χ2v) is 23.3. The Morgan fingerprint density at radius 2 is 0.667 bits per heavy atom. The number of anilines is 3. The molecule has 0 aliphatic carbocycles. The largest absolute Gasteiger partial charge is 0.481 e. The molecule has 4 aliphatic rings.